The summed E-state index contributed by atoms with van der Waals surface area (Å²) < 4.78 is 0. The van der Waals surface area contributed by atoms with E-state index in [2.05, 4.69) is 0 Å². The van der Waals surface area contributed by atoms with Crippen LogP contribution in [0, 0.1) is 10.1 Å². The van der Waals surface area contributed by atoms with Gasteiger partial charge in [0.05, 0.1) is 10.2 Å². The van der Waals surface area contributed by atoms with Crippen molar-refractivity contribution in [2.45, 2.75) is 17.1 Å². The first kappa shape index (κ1) is 10.7. The first-order valence-corrected chi connectivity index (χ1v) is 4.88. The number of hydrogen-bond donors (Lipinski definition) is 0. The molecule has 1 unspecified atom stereocenters. The third kappa shape index (κ3) is 2.85. The normalized spacial score (nSPS) is 12.1. The van der Waals surface area contributed by atoms with E-state index in [4.69, 9.17) is 0 Å². The summed E-state index contributed by atoms with van der Waals surface area (Å²) in [5.74, 6) is 0. The Morgan fingerprint density at radius 1 is 1.57 bits per heavy atom. The van der Waals surface area contributed by atoms with E-state index >= 15 is 0 Å². The van der Waals surface area contributed by atoms with Gasteiger partial charge in [0.2, 0.25) is 0 Å². The molecular formula is C9H9NO3S. The van der Waals surface area contributed by atoms with Gasteiger partial charge in [0.1, 0.15) is 6.29 Å². The average Bonchev–Trinajstić information content (AvgIpc) is 2.18. The van der Waals surface area contributed by atoms with Crippen LogP contribution in [0.1, 0.15) is 6.92 Å². The molecule has 0 N–H and O–H groups in total. The Labute approximate surface area is 85.5 Å². The second-order valence-electron chi connectivity index (χ2n) is 2.71. The van der Waals surface area contributed by atoms with E-state index in [1.165, 1.54) is 23.9 Å². The van der Waals surface area contributed by atoms with Gasteiger partial charge in [-0.2, -0.15) is 0 Å². The van der Waals surface area contributed by atoms with Crippen molar-refractivity contribution in [3.63, 3.8) is 0 Å². The molecule has 0 aliphatic rings. The summed E-state index contributed by atoms with van der Waals surface area (Å²) in [4.78, 5) is 21.1. The second-order valence-corrected chi connectivity index (χ2v) is 4.16. The summed E-state index contributed by atoms with van der Waals surface area (Å²) in [5.41, 5.74) is 0.0492. The molecule has 1 rings (SSSR count). The number of aldehydes is 1. The Morgan fingerprint density at radius 2 is 2.29 bits per heavy atom. The third-order valence-corrected chi connectivity index (χ3v) is 2.55. The maximum atomic E-state index is 10.4. The molecule has 0 aromatic heterocycles. The van der Waals surface area contributed by atoms with Gasteiger partial charge < -0.3 is 4.79 Å². The molecule has 0 aliphatic heterocycles. The summed E-state index contributed by atoms with van der Waals surface area (Å²) in [5, 5.41) is 10.3. The minimum atomic E-state index is -0.449. The highest BCUT2D eigenvalue weighted by Crippen LogP contribution is 2.25. The van der Waals surface area contributed by atoms with Crippen LogP contribution in [-0.4, -0.2) is 16.5 Å². The van der Waals surface area contributed by atoms with E-state index < -0.39 is 4.92 Å². The summed E-state index contributed by atoms with van der Waals surface area (Å²) in [6.07, 6.45) is 0.809. The smallest absolute Gasteiger partial charge is 0.270 e. The Hall–Kier alpha value is -1.36. The van der Waals surface area contributed by atoms with E-state index in [1.54, 1.807) is 19.1 Å². The van der Waals surface area contributed by atoms with Crippen LogP contribution >= 0.6 is 11.8 Å². The van der Waals surface area contributed by atoms with E-state index in [9.17, 15) is 14.9 Å². The van der Waals surface area contributed by atoms with Crippen molar-refractivity contribution in [3.8, 4) is 0 Å². The molecule has 5 heteroatoms. The first-order valence-electron chi connectivity index (χ1n) is 4.00. The van der Waals surface area contributed by atoms with Crippen molar-refractivity contribution < 1.29 is 9.72 Å². The lowest BCUT2D eigenvalue weighted by Crippen LogP contribution is -1.96. The molecule has 0 radical (unpaired) electrons. The van der Waals surface area contributed by atoms with Crippen LogP contribution in [0.3, 0.4) is 0 Å². The van der Waals surface area contributed by atoms with E-state index in [1.807, 2.05) is 0 Å². The highest BCUT2D eigenvalue weighted by Gasteiger charge is 2.08. The number of nitrogens with zero attached hydrogens (tertiary/aromatic N) is 1. The van der Waals surface area contributed by atoms with Crippen LogP contribution in [0.25, 0.3) is 0 Å². The molecule has 0 spiro atoms. The molecule has 4 nitrogen and oxygen atoms in total. The standard InChI is InChI=1S/C9H9NO3S/c1-7(6-11)14-9-4-2-3-8(5-9)10(12)13/h2-7H,1H3. The highest BCUT2D eigenvalue weighted by atomic mass is 32.2. The van der Waals surface area contributed by atoms with Crippen molar-refractivity contribution in [2.75, 3.05) is 0 Å². The number of thioether (sulfide) groups is 1. The molecule has 1 aromatic carbocycles. The van der Waals surface area contributed by atoms with E-state index in [0.29, 0.717) is 0 Å². The van der Waals surface area contributed by atoms with Gasteiger partial charge in [-0.1, -0.05) is 6.07 Å². The van der Waals surface area contributed by atoms with E-state index in [-0.39, 0.29) is 10.9 Å². The fourth-order valence-corrected chi connectivity index (χ4v) is 1.74. The van der Waals surface area contributed by atoms with Gasteiger partial charge in [-0.05, 0) is 13.0 Å². The van der Waals surface area contributed by atoms with Crippen LogP contribution in [0.5, 0.6) is 0 Å². The number of carbonyl (C=O) groups excluding carboxylic acids is 1. The summed E-state index contributed by atoms with van der Waals surface area (Å²) in [6.45, 7) is 1.75. The SMILES string of the molecule is CC(C=O)Sc1cccc([N+](=O)[O-])c1. The van der Waals surface area contributed by atoms with Gasteiger partial charge in [-0.25, -0.2) is 0 Å². The number of benzene rings is 1. The molecule has 0 saturated heterocycles. The average molecular weight is 211 g/mol. The number of nitro groups is 1. The van der Waals surface area contributed by atoms with Crippen LogP contribution in [0.2, 0.25) is 0 Å². The lowest BCUT2D eigenvalue weighted by molar-refractivity contribution is -0.385. The number of nitro benzene ring substituents is 1. The lowest BCUT2D eigenvalue weighted by atomic mass is 10.3. The highest BCUT2D eigenvalue weighted by molar-refractivity contribution is 8.00. The van der Waals surface area contributed by atoms with Crippen molar-refractivity contribution in [1.29, 1.82) is 0 Å². The zero-order valence-electron chi connectivity index (χ0n) is 7.54. The van der Waals surface area contributed by atoms with Gasteiger partial charge in [0.15, 0.2) is 0 Å². The van der Waals surface area contributed by atoms with Crippen LogP contribution in [0.15, 0.2) is 29.2 Å². The molecule has 14 heavy (non-hydrogen) atoms. The molecule has 0 amide bonds. The fourth-order valence-electron chi connectivity index (χ4n) is 0.913. The van der Waals surface area contributed by atoms with Crippen LogP contribution in [0.4, 0.5) is 5.69 Å². The zero-order chi connectivity index (χ0) is 10.6. The van der Waals surface area contributed by atoms with Gasteiger partial charge in [-0.3, -0.25) is 10.1 Å². The Bertz CT molecular complexity index is 354. The zero-order valence-corrected chi connectivity index (χ0v) is 8.36. The largest absolute Gasteiger partial charge is 0.302 e. The second kappa shape index (κ2) is 4.76. The Morgan fingerprint density at radius 3 is 2.86 bits per heavy atom. The van der Waals surface area contributed by atoms with E-state index in [0.717, 1.165) is 11.2 Å². The quantitative estimate of drug-likeness (QED) is 0.332. The summed E-state index contributed by atoms with van der Waals surface area (Å²) >= 11 is 1.30. The molecule has 1 aromatic rings. The molecule has 0 bridgehead atoms. The lowest BCUT2D eigenvalue weighted by Gasteiger charge is -2.02. The molecule has 0 heterocycles. The first-order chi connectivity index (χ1) is 6.63. The minimum absolute atomic E-state index is 0.0492. The predicted octanol–water partition coefficient (Wildman–Crippen LogP) is 2.27. The maximum absolute atomic E-state index is 10.4. The Kier molecular flexibility index (Phi) is 3.64. The summed E-state index contributed by atoms with van der Waals surface area (Å²) in [7, 11) is 0. The number of hydrogen-bond acceptors (Lipinski definition) is 4. The number of non-ortho nitro benzene ring substituents is 1. The van der Waals surface area contributed by atoms with Crippen molar-refractivity contribution in [2.24, 2.45) is 0 Å². The van der Waals surface area contributed by atoms with Gasteiger partial charge in [-0.15, -0.1) is 11.8 Å². The monoisotopic (exact) mass is 211 g/mol. The predicted molar refractivity (Wildman–Crippen MR) is 54.5 cm³/mol. The third-order valence-electron chi connectivity index (χ3n) is 1.54. The van der Waals surface area contributed by atoms with Crippen molar-refractivity contribution in [3.05, 3.63) is 34.4 Å². The van der Waals surface area contributed by atoms with Gasteiger partial charge in [0.25, 0.3) is 5.69 Å². The molecule has 0 aliphatic carbocycles. The van der Waals surface area contributed by atoms with Crippen molar-refractivity contribution >= 4 is 23.7 Å². The van der Waals surface area contributed by atoms with Crippen LogP contribution in [-0.2, 0) is 4.79 Å². The van der Waals surface area contributed by atoms with Crippen molar-refractivity contribution in [1.82, 2.24) is 0 Å². The topological polar surface area (TPSA) is 60.2 Å². The van der Waals surface area contributed by atoms with Gasteiger partial charge >= 0.3 is 0 Å². The van der Waals surface area contributed by atoms with Crippen LogP contribution < -0.4 is 0 Å². The Balaban J connectivity index is 2.83. The minimum Gasteiger partial charge on any atom is -0.302 e. The summed E-state index contributed by atoms with van der Waals surface area (Å²) in [6, 6.07) is 6.25. The molecule has 0 fully saturated rings. The van der Waals surface area contributed by atoms with Gasteiger partial charge in [0, 0.05) is 17.0 Å². The number of rotatable bonds is 4. The number of carbonyl (C=O) groups is 1. The molecule has 1 atom stereocenters. The molecule has 0 saturated carbocycles. The molecular weight excluding hydrogens is 202 g/mol. The maximum Gasteiger partial charge on any atom is 0.270 e. The fraction of sp³-hybridized carbons (Fsp3) is 0.222. The molecule has 74 valence electrons.